The minimum absolute atomic E-state index is 0. The van der Waals surface area contributed by atoms with E-state index in [1.165, 1.54) is 0 Å². The van der Waals surface area contributed by atoms with Gasteiger partial charge in [0.05, 0.1) is 22.8 Å². The summed E-state index contributed by atoms with van der Waals surface area (Å²) in [6, 6.07) is 18.5. The van der Waals surface area contributed by atoms with Gasteiger partial charge in [0.1, 0.15) is 0 Å². The van der Waals surface area contributed by atoms with E-state index in [4.69, 9.17) is 4.98 Å². The molecule has 2 aliphatic heterocycles. The molecule has 2 aliphatic rings. The molecule has 4 aromatic rings. The molecule has 0 unspecified atom stereocenters. The second-order valence-corrected chi connectivity index (χ2v) is 7.32. The second-order valence-electron chi connectivity index (χ2n) is 7.32. The average molecular weight is 453 g/mol. The number of fused-ring (bicyclic) bond motifs is 8. The summed E-state index contributed by atoms with van der Waals surface area (Å²) in [6.07, 6.45) is 11.7. The van der Waals surface area contributed by atoms with Crippen molar-refractivity contribution in [1.82, 2.24) is 24.9 Å². The molecule has 0 fully saturated rings. The van der Waals surface area contributed by atoms with Crippen LogP contribution in [0.15, 0.2) is 67.0 Å². The Morgan fingerprint density at radius 1 is 0.548 bits per heavy atom. The number of aromatic amines is 2. The van der Waals surface area contributed by atoms with Crippen molar-refractivity contribution < 1.29 is 19.5 Å². The van der Waals surface area contributed by atoms with Gasteiger partial charge in [0.2, 0.25) is 0 Å². The summed E-state index contributed by atoms with van der Waals surface area (Å²) >= 11 is 0. The molecule has 6 heteroatoms. The molecule has 0 aromatic carbocycles. The van der Waals surface area contributed by atoms with Crippen molar-refractivity contribution in [2.75, 3.05) is 0 Å². The first-order valence-corrected chi connectivity index (χ1v) is 9.77. The van der Waals surface area contributed by atoms with E-state index in [1.807, 2.05) is 61.0 Å². The van der Waals surface area contributed by atoms with Crippen LogP contribution in [0.25, 0.3) is 57.5 Å². The molecule has 0 radical (unpaired) electrons. The number of nitrogens with one attached hydrogen (secondary N) is 2. The summed E-state index contributed by atoms with van der Waals surface area (Å²) in [5, 5.41) is 0. The average Bonchev–Trinajstić information content (AvgIpc) is 3.53. The Labute approximate surface area is 191 Å². The van der Waals surface area contributed by atoms with Gasteiger partial charge in [0.25, 0.3) is 0 Å². The molecule has 144 valence electrons. The van der Waals surface area contributed by atoms with Gasteiger partial charge in [-0.05, 0) is 84.5 Å². The Morgan fingerprint density at radius 3 is 1.87 bits per heavy atom. The number of hydrogen-bond donors (Lipinski definition) is 2. The molecule has 6 rings (SSSR count). The zero-order valence-electron chi connectivity index (χ0n) is 16.7. The molecule has 0 saturated carbocycles. The van der Waals surface area contributed by atoms with E-state index in [0.29, 0.717) is 0 Å². The Hall–Kier alpha value is -3.63. The van der Waals surface area contributed by atoms with Crippen molar-refractivity contribution in [2.24, 2.45) is 0 Å². The molecule has 5 nitrogen and oxygen atoms in total. The van der Waals surface area contributed by atoms with Gasteiger partial charge < -0.3 is 9.97 Å². The Balaban J connectivity index is 0.00000204. The second kappa shape index (κ2) is 7.90. The van der Waals surface area contributed by atoms with Gasteiger partial charge in [-0.25, -0.2) is 9.97 Å². The topological polar surface area (TPSA) is 70.2 Å². The molecule has 2 N–H and O–H groups in total. The third-order valence-corrected chi connectivity index (χ3v) is 5.16. The van der Waals surface area contributed by atoms with Crippen LogP contribution in [0.4, 0.5) is 0 Å². The molecule has 6 heterocycles. The Morgan fingerprint density at radius 2 is 1.16 bits per heavy atom. The van der Waals surface area contributed by atoms with Crippen LogP contribution in [-0.2, 0) is 19.5 Å². The number of hydrogen-bond acceptors (Lipinski definition) is 3. The molecular formula is C25H17N5Zn. The van der Waals surface area contributed by atoms with E-state index < -0.39 is 0 Å². The first-order chi connectivity index (χ1) is 14.8. The fraction of sp³-hybridized carbons (Fsp3) is 0. The predicted molar refractivity (Wildman–Crippen MR) is 122 cm³/mol. The molecule has 0 aliphatic carbocycles. The molecule has 0 spiro atoms. The van der Waals surface area contributed by atoms with E-state index in [2.05, 4.69) is 50.3 Å². The van der Waals surface area contributed by atoms with Crippen LogP contribution in [0.3, 0.4) is 0 Å². The normalized spacial score (nSPS) is 12.0. The zero-order valence-corrected chi connectivity index (χ0v) is 19.7. The van der Waals surface area contributed by atoms with Crippen LogP contribution in [0, 0.1) is 0 Å². The van der Waals surface area contributed by atoms with Crippen LogP contribution < -0.4 is 0 Å². The van der Waals surface area contributed by atoms with Crippen molar-refractivity contribution in [2.45, 2.75) is 0 Å². The van der Waals surface area contributed by atoms with Gasteiger partial charge in [0, 0.05) is 59.5 Å². The maximum Gasteiger partial charge on any atom is 0.0659 e. The van der Waals surface area contributed by atoms with Gasteiger partial charge >= 0.3 is 0 Å². The fourth-order valence-electron chi connectivity index (χ4n) is 3.79. The van der Waals surface area contributed by atoms with Crippen LogP contribution in [0.1, 0.15) is 22.8 Å². The van der Waals surface area contributed by atoms with Crippen LogP contribution in [0.2, 0.25) is 0 Å². The van der Waals surface area contributed by atoms with E-state index in [1.54, 1.807) is 0 Å². The maximum atomic E-state index is 4.74. The summed E-state index contributed by atoms with van der Waals surface area (Å²) in [5.41, 5.74) is 9.89. The van der Waals surface area contributed by atoms with Crippen molar-refractivity contribution in [3.8, 4) is 11.1 Å². The van der Waals surface area contributed by atoms with Gasteiger partial charge in [-0.1, -0.05) is 0 Å². The largest absolute Gasteiger partial charge is 0.355 e. The zero-order chi connectivity index (χ0) is 19.9. The number of H-pyrrole nitrogens is 2. The van der Waals surface area contributed by atoms with E-state index >= 15 is 0 Å². The van der Waals surface area contributed by atoms with Gasteiger partial charge in [-0.3, -0.25) is 4.98 Å². The fourth-order valence-corrected chi connectivity index (χ4v) is 3.79. The van der Waals surface area contributed by atoms with Gasteiger partial charge in [-0.2, -0.15) is 0 Å². The monoisotopic (exact) mass is 451 g/mol. The van der Waals surface area contributed by atoms with E-state index in [0.717, 1.165) is 56.0 Å². The molecule has 8 bridgehead atoms. The van der Waals surface area contributed by atoms with Crippen LogP contribution in [-0.4, -0.2) is 24.9 Å². The van der Waals surface area contributed by atoms with Crippen molar-refractivity contribution in [3.63, 3.8) is 0 Å². The SMILES string of the molecule is C1=Cc2cc3ccc(cc4cc(-c5ccncc5)c(cc5nc(cc1n2)C=C5)[nH]4)[nH]3.[Zn]. The van der Waals surface area contributed by atoms with Crippen LogP contribution >= 0.6 is 0 Å². The molecule has 0 atom stereocenters. The first kappa shape index (κ1) is 19.3. The molecule has 0 amide bonds. The number of nitrogens with zero attached hydrogens (tertiary/aromatic N) is 3. The van der Waals surface area contributed by atoms with Gasteiger partial charge in [0.15, 0.2) is 0 Å². The van der Waals surface area contributed by atoms with Crippen molar-refractivity contribution in [1.29, 1.82) is 0 Å². The Kier molecular flexibility index (Phi) is 4.93. The summed E-state index contributed by atoms with van der Waals surface area (Å²) in [7, 11) is 0. The first-order valence-electron chi connectivity index (χ1n) is 9.77. The standard InChI is InChI=1S/C25H17N5.Zn/c1-2-18-12-20-5-6-22(29-20)15-25-24(16-7-9-26-10-8-16)14-23(30-25)13-21-4-3-19(28-21)11-17(1)27-18;/h1-15,28,30H;. The number of aromatic nitrogens is 5. The smallest absolute Gasteiger partial charge is 0.0659 e. The molecule has 0 saturated heterocycles. The number of rotatable bonds is 1. The van der Waals surface area contributed by atoms with E-state index in [-0.39, 0.29) is 19.5 Å². The molecule has 31 heavy (non-hydrogen) atoms. The Bertz CT molecular complexity index is 1490. The van der Waals surface area contributed by atoms with Crippen molar-refractivity contribution >= 4 is 46.4 Å². The summed E-state index contributed by atoms with van der Waals surface area (Å²) in [4.78, 5) is 20.5. The number of pyridine rings is 1. The quantitative estimate of drug-likeness (QED) is 0.314. The van der Waals surface area contributed by atoms with Gasteiger partial charge in [-0.15, -0.1) is 0 Å². The third kappa shape index (κ3) is 3.90. The van der Waals surface area contributed by atoms with E-state index in [9.17, 15) is 0 Å². The summed E-state index contributed by atoms with van der Waals surface area (Å²) < 4.78 is 0. The molecule has 4 aromatic heterocycles. The summed E-state index contributed by atoms with van der Waals surface area (Å²) in [6.45, 7) is 0. The summed E-state index contributed by atoms with van der Waals surface area (Å²) in [5.74, 6) is 0. The van der Waals surface area contributed by atoms with Crippen LogP contribution in [0.5, 0.6) is 0 Å². The van der Waals surface area contributed by atoms with Crippen molar-refractivity contribution in [3.05, 3.63) is 89.8 Å². The minimum Gasteiger partial charge on any atom is -0.355 e. The maximum absolute atomic E-state index is 4.74. The third-order valence-electron chi connectivity index (χ3n) is 5.16. The molecular weight excluding hydrogens is 436 g/mol. The predicted octanol–water partition coefficient (Wildman–Crippen LogP) is 5.72. The minimum atomic E-state index is 0.